The van der Waals surface area contributed by atoms with Gasteiger partial charge in [-0.25, -0.2) is 9.97 Å². The molecule has 0 aliphatic carbocycles. The van der Waals surface area contributed by atoms with Gasteiger partial charge in [-0.1, -0.05) is 11.6 Å². The molecule has 1 aliphatic rings. The number of ether oxygens (including phenoxy) is 1. The zero-order chi connectivity index (χ0) is 13.8. The lowest BCUT2D eigenvalue weighted by Crippen LogP contribution is -2.54. The van der Waals surface area contributed by atoms with Crippen LogP contribution in [-0.2, 0) is 16.1 Å². The molecule has 1 aromatic heterocycles. The quantitative estimate of drug-likeness (QED) is 0.734. The fourth-order valence-electron chi connectivity index (χ4n) is 2.01. The van der Waals surface area contributed by atoms with Crippen molar-refractivity contribution in [1.29, 1.82) is 0 Å². The van der Waals surface area contributed by atoms with Gasteiger partial charge in [-0.15, -0.1) is 0 Å². The fourth-order valence-corrected chi connectivity index (χ4v) is 2.19. The first-order valence-electron chi connectivity index (χ1n) is 5.85. The van der Waals surface area contributed by atoms with Crippen molar-refractivity contribution in [3.8, 4) is 0 Å². The number of anilines is 1. The third kappa shape index (κ3) is 2.78. The molecule has 1 amide bonds. The highest BCUT2D eigenvalue weighted by Gasteiger charge is 2.31. The largest absolute Gasteiger partial charge is 0.391 e. The normalized spacial score (nSPS) is 19.3. The summed E-state index contributed by atoms with van der Waals surface area (Å²) in [6.45, 7) is 0.970. The maximum absolute atomic E-state index is 11.9. The summed E-state index contributed by atoms with van der Waals surface area (Å²) in [6.07, 6.45) is 1.31. The minimum atomic E-state index is -0.491. The Hall–Kier alpha value is -1.44. The molecular formula is C11H15ClN4O3. The number of halogens is 1. The van der Waals surface area contributed by atoms with Gasteiger partial charge in [-0.2, -0.15) is 0 Å². The number of nitrogens with zero attached hydrogens (tertiary/aromatic N) is 3. The number of aliphatic hydroxyl groups excluding tert-OH is 1. The molecule has 7 nitrogen and oxygen atoms in total. The lowest BCUT2D eigenvalue weighted by atomic mass is 10.2. The summed E-state index contributed by atoms with van der Waals surface area (Å²) in [7, 11) is 1.56. The number of likely N-dealkylation sites (N-methyl/N-ethyl adjacent to an activating group) is 1. The number of morpholine rings is 1. The van der Waals surface area contributed by atoms with E-state index in [9.17, 15) is 9.90 Å². The minimum Gasteiger partial charge on any atom is -0.391 e. The summed E-state index contributed by atoms with van der Waals surface area (Å²) in [6, 6.07) is -0.491. The Bertz CT molecular complexity index is 471. The van der Waals surface area contributed by atoms with Gasteiger partial charge < -0.3 is 20.1 Å². The van der Waals surface area contributed by atoms with Gasteiger partial charge >= 0.3 is 0 Å². The summed E-state index contributed by atoms with van der Waals surface area (Å²) < 4.78 is 5.32. The van der Waals surface area contributed by atoms with Gasteiger partial charge in [0.15, 0.2) is 0 Å². The number of nitrogens with one attached hydrogen (secondary N) is 1. The number of carbonyl (C=O) groups excluding carboxylic acids is 1. The molecular weight excluding hydrogens is 272 g/mol. The average Bonchev–Trinajstić information content (AvgIpc) is 2.46. The van der Waals surface area contributed by atoms with Crippen molar-refractivity contribution in [2.45, 2.75) is 12.6 Å². The third-order valence-electron chi connectivity index (χ3n) is 2.98. The van der Waals surface area contributed by atoms with E-state index < -0.39 is 6.04 Å². The summed E-state index contributed by atoms with van der Waals surface area (Å²) in [5.74, 6) is 0.303. The highest BCUT2D eigenvalue weighted by atomic mass is 35.5. The van der Waals surface area contributed by atoms with Crippen molar-refractivity contribution in [1.82, 2.24) is 15.3 Å². The van der Waals surface area contributed by atoms with Crippen LogP contribution in [0, 0.1) is 0 Å². The first kappa shape index (κ1) is 14.0. The Morgan fingerprint density at radius 1 is 1.68 bits per heavy atom. The Balaban J connectivity index is 2.37. The predicted octanol–water partition coefficient (Wildman–Crippen LogP) is -0.427. The average molecular weight is 287 g/mol. The van der Waals surface area contributed by atoms with E-state index >= 15 is 0 Å². The fraction of sp³-hybridized carbons (Fsp3) is 0.545. The van der Waals surface area contributed by atoms with Crippen LogP contribution in [0.2, 0.25) is 5.15 Å². The standard InChI is InChI=1S/C11H15ClN4O3/c1-13-11(18)8-5-19-3-2-16(8)10-7(4-17)9(12)14-6-15-10/h6,8,17H,2-5H2,1H3,(H,13,18). The number of rotatable bonds is 3. The van der Waals surface area contributed by atoms with E-state index in [2.05, 4.69) is 15.3 Å². The van der Waals surface area contributed by atoms with Crippen LogP contribution in [0.3, 0.4) is 0 Å². The van der Waals surface area contributed by atoms with Gasteiger partial charge in [0.25, 0.3) is 0 Å². The summed E-state index contributed by atoms with van der Waals surface area (Å²) >= 11 is 5.94. The second-order valence-corrected chi connectivity index (χ2v) is 4.38. The van der Waals surface area contributed by atoms with Gasteiger partial charge in [0.2, 0.25) is 5.91 Å². The first-order chi connectivity index (χ1) is 9.19. The van der Waals surface area contributed by atoms with Crippen molar-refractivity contribution in [2.24, 2.45) is 0 Å². The van der Waals surface area contributed by atoms with Crippen molar-refractivity contribution < 1.29 is 14.6 Å². The second-order valence-electron chi connectivity index (χ2n) is 4.02. The van der Waals surface area contributed by atoms with Crippen LogP contribution in [-0.4, -0.2) is 53.8 Å². The van der Waals surface area contributed by atoms with Crippen LogP contribution in [0.25, 0.3) is 0 Å². The number of hydrogen-bond acceptors (Lipinski definition) is 6. The molecule has 1 atom stereocenters. The van der Waals surface area contributed by atoms with Crippen LogP contribution in [0.5, 0.6) is 0 Å². The highest BCUT2D eigenvalue weighted by Crippen LogP contribution is 2.26. The maximum atomic E-state index is 11.9. The molecule has 0 aromatic carbocycles. The zero-order valence-corrected chi connectivity index (χ0v) is 11.2. The molecule has 2 N–H and O–H groups in total. The molecule has 1 aromatic rings. The molecule has 1 unspecified atom stereocenters. The molecule has 1 saturated heterocycles. The van der Waals surface area contributed by atoms with E-state index in [1.165, 1.54) is 6.33 Å². The van der Waals surface area contributed by atoms with E-state index in [1.807, 2.05) is 0 Å². The maximum Gasteiger partial charge on any atom is 0.244 e. The molecule has 2 heterocycles. The van der Waals surface area contributed by atoms with Gasteiger partial charge in [0.1, 0.15) is 23.3 Å². The Morgan fingerprint density at radius 2 is 2.47 bits per heavy atom. The van der Waals surface area contributed by atoms with E-state index in [1.54, 1.807) is 11.9 Å². The smallest absolute Gasteiger partial charge is 0.244 e. The lowest BCUT2D eigenvalue weighted by Gasteiger charge is -2.36. The van der Waals surface area contributed by atoms with Crippen molar-refractivity contribution in [2.75, 3.05) is 31.7 Å². The van der Waals surface area contributed by atoms with Crippen molar-refractivity contribution >= 4 is 23.3 Å². The zero-order valence-electron chi connectivity index (χ0n) is 10.5. The van der Waals surface area contributed by atoms with E-state index in [0.29, 0.717) is 24.5 Å². The van der Waals surface area contributed by atoms with Crippen LogP contribution in [0.15, 0.2) is 6.33 Å². The van der Waals surface area contributed by atoms with E-state index in [0.717, 1.165) is 0 Å². The van der Waals surface area contributed by atoms with Gasteiger partial charge in [0, 0.05) is 13.6 Å². The molecule has 1 fully saturated rings. The van der Waals surface area contributed by atoms with E-state index in [4.69, 9.17) is 16.3 Å². The molecule has 0 radical (unpaired) electrons. The number of carbonyl (C=O) groups is 1. The Labute approximate surface area is 115 Å². The number of aliphatic hydroxyl groups is 1. The molecule has 0 bridgehead atoms. The minimum absolute atomic E-state index is 0.168. The van der Waals surface area contributed by atoms with Crippen molar-refractivity contribution in [3.63, 3.8) is 0 Å². The molecule has 19 heavy (non-hydrogen) atoms. The van der Waals surface area contributed by atoms with Gasteiger partial charge in [-0.05, 0) is 0 Å². The van der Waals surface area contributed by atoms with Crippen LogP contribution < -0.4 is 10.2 Å². The molecule has 104 valence electrons. The summed E-state index contributed by atoms with van der Waals surface area (Å²) in [4.78, 5) is 21.6. The van der Waals surface area contributed by atoms with Crippen LogP contribution in [0.1, 0.15) is 5.56 Å². The first-order valence-corrected chi connectivity index (χ1v) is 6.23. The van der Waals surface area contributed by atoms with Crippen LogP contribution >= 0.6 is 11.6 Å². The number of amides is 1. The topological polar surface area (TPSA) is 87.6 Å². The van der Waals surface area contributed by atoms with Gasteiger partial charge in [-0.3, -0.25) is 4.79 Å². The number of aromatic nitrogens is 2. The second kappa shape index (κ2) is 6.14. The highest BCUT2D eigenvalue weighted by molar-refractivity contribution is 6.30. The molecule has 8 heteroatoms. The molecule has 0 saturated carbocycles. The van der Waals surface area contributed by atoms with Crippen molar-refractivity contribution in [3.05, 3.63) is 17.0 Å². The molecule has 0 spiro atoms. The molecule has 1 aliphatic heterocycles. The summed E-state index contributed by atoms with van der Waals surface area (Å²) in [5.41, 5.74) is 0.417. The lowest BCUT2D eigenvalue weighted by molar-refractivity contribution is -0.124. The Morgan fingerprint density at radius 3 is 3.16 bits per heavy atom. The van der Waals surface area contributed by atoms with Crippen LogP contribution in [0.4, 0.5) is 5.82 Å². The molecule has 2 rings (SSSR count). The number of hydrogen-bond donors (Lipinski definition) is 2. The third-order valence-corrected chi connectivity index (χ3v) is 3.30. The monoisotopic (exact) mass is 286 g/mol. The Kier molecular flexibility index (Phi) is 4.52. The predicted molar refractivity (Wildman–Crippen MR) is 69.0 cm³/mol. The van der Waals surface area contributed by atoms with Gasteiger partial charge in [0.05, 0.1) is 25.4 Å². The summed E-state index contributed by atoms with van der Waals surface area (Å²) in [5, 5.41) is 12.2. The van der Waals surface area contributed by atoms with E-state index in [-0.39, 0.29) is 24.3 Å². The SMILES string of the molecule is CNC(=O)C1COCCN1c1ncnc(Cl)c1CO.